The van der Waals surface area contributed by atoms with Crippen LogP contribution in [-0.4, -0.2) is 44.1 Å². The molecule has 0 bridgehead atoms. The molecular formula is C15H24N4O. The minimum absolute atomic E-state index is 0.107. The second-order valence-electron chi connectivity index (χ2n) is 5.33. The zero-order chi connectivity index (χ0) is 14.4. The molecule has 0 spiro atoms. The fraction of sp³-hybridized carbons (Fsp3) is 0.600. The van der Waals surface area contributed by atoms with Crippen LogP contribution in [0.5, 0.6) is 0 Å². The highest BCUT2D eigenvalue weighted by molar-refractivity contribution is 5.93. The molecule has 0 aromatic carbocycles. The zero-order valence-electron chi connectivity index (χ0n) is 12.4. The summed E-state index contributed by atoms with van der Waals surface area (Å²) in [4.78, 5) is 18.2. The maximum absolute atomic E-state index is 11.8. The van der Waals surface area contributed by atoms with Crippen LogP contribution < -0.4 is 15.5 Å². The van der Waals surface area contributed by atoms with Gasteiger partial charge >= 0.3 is 0 Å². The summed E-state index contributed by atoms with van der Waals surface area (Å²) in [5, 5.41) is 6.17. The molecule has 5 nitrogen and oxygen atoms in total. The topological polar surface area (TPSA) is 57.3 Å². The van der Waals surface area contributed by atoms with Gasteiger partial charge in [0.1, 0.15) is 5.69 Å². The van der Waals surface area contributed by atoms with Gasteiger partial charge < -0.3 is 15.5 Å². The van der Waals surface area contributed by atoms with Gasteiger partial charge in [-0.3, -0.25) is 9.78 Å². The van der Waals surface area contributed by atoms with E-state index in [4.69, 9.17) is 0 Å². The van der Waals surface area contributed by atoms with Crippen molar-refractivity contribution in [3.05, 3.63) is 24.0 Å². The third kappa shape index (κ3) is 3.93. The average molecular weight is 276 g/mol. The number of pyridine rings is 1. The van der Waals surface area contributed by atoms with Crippen molar-refractivity contribution in [2.75, 3.05) is 38.1 Å². The first kappa shape index (κ1) is 14.8. The number of carbonyl (C=O) groups excluding carboxylic acids is 1. The predicted molar refractivity (Wildman–Crippen MR) is 81.1 cm³/mol. The first-order chi connectivity index (χ1) is 9.70. The van der Waals surface area contributed by atoms with Crippen LogP contribution in [0.15, 0.2) is 18.3 Å². The molecule has 2 N–H and O–H groups in total. The molecule has 0 atom stereocenters. The van der Waals surface area contributed by atoms with Crippen LogP contribution >= 0.6 is 0 Å². The number of anilines is 1. The van der Waals surface area contributed by atoms with Gasteiger partial charge in [0, 0.05) is 32.0 Å². The summed E-state index contributed by atoms with van der Waals surface area (Å²) in [6.07, 6.45) is 4.15. The molecule has 1 aromatic heterocycles. The van der Waals surface area contributed by atoms with E-state index < -0.39 is 0 Å². The van der Waals surface area contributed by atoms with Gasteiger partial charge in [-0.15, -0.1) is 0 Å². The van der Waals surface area contributed by atoms with Crippen molar-refractivity contribution in [2.45, 2.75) is 19.8 Å². The maximum Gasteiger partial charge on any atom is 0.269 e. The minimum atomic E-state index is -0.107. The summed E-state index contributed by atoms with van der Waals surface area (Å²) in [5.41, 5.74) is 1.54. The lowest BCUT2D eigenvalue weighted by Gasteiger charge is -2.28. The van der Waals surface area contributed by atoms with Crippen molar-refractivity contribution in [3.63, 3.8) is 0 Å². The maximum atomic E-state index is 11.8. The quantitative estimate of drug-likeness (QED) is 0.850. The predicted octanol–water partition coefficient (Wildman–Crippen LogP) is 1.27. The van der Waals surface area contributed by atoms with E-state index in [9.17, 15) is 4.79 Å². The third-order valence-electron chi connectivity index (χ3n) is 3.75. The van der Waals surface area contributed by atoms with E-state index in [1.807, 2.05) is 19.1 Å². The van der Waals surface area contributed by atoms with Crippen LogP contribution in [-0.2, 0) is 0 Å². The molecule has 0 unspecified atom stereocenters. The number of hydrogen-bond acceptors (Lipinski definition) is 4. The van der Waals surface area contributed by atoms with Crippen molar-refractivity contribution in [3.8, 4) is 0 Å². The van der Waals surface area contributed by atoms with Crippen LogP contribution in [0.4, 0.5) is 5.69 Å². The lowest BCUT2D eigenvalue weighted by Crippen LogP contribution is -2.34. The molecule has 2 rings (SSSR count). The number of rotatable bonds is 5. The molecule has 1 saturated heterocycles. The number of nitrogens with one attached hydrogen (secondary N) is 2. The molecule has 1 aliphatic heterocycles. The Hall–Kier alpha value is -1.62. The fourth-order valence-corrected chi connectivity index (χ4v) is 2.59. The lowest BCUT2D eigenvalue weighted by molar-refractivity contribution is 0.0951. The number of piperidine rings is 1. The monoisotopic (exact) mass is 276 g/mol. The van der Waals surface area contributed by atoms with Crippen LogP contribution in [0.25, 0.3) is 0 Å². The van der Waals surface area contributed by atoms with Gasteiger partial charge in [-0.05, 0) is 50.9 Å². The van der Waals surface area contributed by atoms with E-state index in [0.717, 1.165) is 31.2 Å². The first-order valence-electron chi connectivity index (χ1n) is 7.36. The standard InChI is InChI=1S/C15H24N4O/c1-3-17-15(20)14-10-13(6-9-18-14)19(2)11-12-4-7-16-8-5-12/h6,9-10,12,16H,3-5,7-8,11H2,1-2H3,(H,17,20). The average Bonchev–Trinajstić information content (AvgIpc) is 2.48. The van der Waals surface area contributed by atoms with Gasteiger partial charge in [0.15, 0.2) is 0 Å². The summed E-state index contributed by atoms with van der Waals surface area (Å²) in [6.45, 7) is 5.78. The van der Waals surface area contributed by atoms with Crippen LogP contribution in [0, 0.1) is 5.92 Å². The molecule has 5 heteroatoms. The summed E-state index contributed by atoms with van der Waals surface area (Å²) in [6, 6.07) is 3.83. The number of aromatic nitrogens is 1. The number of hydrogen-bond donors (Lipinski definition) is 2. The van der Waals surface area contributed by atoms with Crippen LogP contribution in [0.3, 0.4) is 0 Å². The molecule has 0 radical (unpaired) electrons. The van der Waals surface area contributed by atoms with Crippen molar-refractivity contribution in [2.24, 2.45) is 5.92 Å². The highest BCUT2D eigenvalue weighted by Crippen LogP contribution is 2.18. The Labute approximate surface area is 120 Å². The normalized spacial score (nSPS) is 15.9. The third-order valence-corrected chi connectivity index (χ3v) is 3.75. The Bertz CT molecular complexity index is 443. The van der Waals surface area contributed by atoms with Gasteiger partial charge in [-0.25, -0.2) is 0 Å². The fourth-order valence-electron chi connectivity index (χ4n) is 2.59. The largest absolute Gasteiger partial charge is 0.374 e. The second-order valence-corrected chi connectivity index (χ2v) is 5.33. The molecule has 1 aromatic rings. The van der Waals surface area contributed by atoms with E-state index in [1.165, 1.54) is 12.8 Å². The first-order valence-corrected chi connectivity index (χ1v) is 7.36. The molecule has 1 aliphatic rings. The smallest absolute Gasteiger partial charge is 0.269 e. The number of nitrogens with zero attached hydrogens (tertiary/aromatic N) is 2. The Morgan fingerprint density at radius 1 is 1.50 bits per heavy atom. The second kappa shape index (κ2) is 7.24. The Balaban J connectivity index is 2.00. The Morgan fingerprint density at radius 2 is 2.25 bits per heavy atom. The molecule has 20 heavy (non-hydrogen) atoms. The number of amides is 1. The van der Waals surface area contributed by atoms with Crippen molar-refractivity contribution in [1.29, 1.82) is 0 Å². The van der Waals surface area contributed by atoms with Gasteiger partial charge in [0.2, 0.25) is 0 Å². The number of carbonyl (C=O) groups is 1. The molecule has 0 saturated carbocycles. The molecule has 2 heterocycles. The van der Waals surface area contributed by atoms with Gasteiger partial charge in [-0.2, -0.15) is 0 Å². The molecule has 1 amide bonds. The summed E-state index contributed by atoms with van der Waals surface area (Å²) in [7, 11) is 2.08. The summed E-state index contributed by atoms with van der Waals surface area (Å²) in [5.74, 6) is 0.618. The van der Waals surface area contributed by atoms with E-state index in [0.29, 0.717) is 12.2 Å². The highest BCUT2D eigenvalue weighted by atomic mass is 16.1. The molecule has 110 valence electrons. The van der Waals surface area contributed by atoms with Crippen molar-refractivity contribution < 1.29 is 4.79 Å². The summed E-state index contributed by atoms with van der Waals surface area (Å²) < 4.78 is 0. The molecule has 1 fully saturated rings. The molecule has 0 aliphatic carbocycles. The highest BCUT2D eigenvalue weighted by Gasteiger charge is 2.16. The van der Waals surface area contributed by atoms with Crippen LogP contribution in [0.2, 0.25) is 0 Å². The van der Waals surface area contributed by atoms with E-state index in [-0.39, 0.29) is 5.91 Å². The van der Waals surface area contributed by atoms with E-state index in [1.54, 1.807) is 6.20 Å². The van der Waals surface area contributed by atoms with E-state index >= 15 is 0 Å². The SMILES string of the molecule is CCNC(=O)c1cc(N(C)CC2CCNCC2)ccn1. The summed E-state index contributed by atoms with van der Waals surface area (Å²) >= 11 is 0. The minimum Gasteiger partial charge on any atom is -0.374 e. The zero-order valence-corrected chi connectivity index (χ0v) is 12.4. The van der Waals surface area contributed by atoms with Crippen molar-refractivity contribution in [1.82, 2.24) is 15.6 Å². The molecular weight excluding hydrogens is 252 g/mol. The van der Waals surface area contributed by atoms with Crippen LogP contribution in [0.1, 0.15) is 30.3 Å². The van der Waals surface area contributed by atoms with Gasteiger partial charge in [0.05, 0.1) is 0 Å². The van der Waals surface area contributed by atoms with E-state index in [2.05, 4.69) is 27.6 Å². The van der Waals surface area contributed by atoms with Crippen molar-refractivity contribution >= 4 is 11.6 Å². The Kier molecular flexibility index (Phi) is 5.35. The lowest BCUT2D eigenvalue weighted by atomic mass is 9.97. The van der Waals surface area contributed by atoms with Gasteiger partial charge in [-0.1, -0.05) is 0 Å². The van der Waals surface area contributed by atoms with Gasteiger partial charge in [0.25, 0.3) is 5.91 Å². The Morgan fingerprint density at radius 3 is 2.95 bits per heavy atom.